The zero-order valence-corrected chi connectivity index (χ0v) is 8.70. The Morgan fingerprint density at radius 2 is 2.00 bits per heavy atom. The molecular formula is C10H11O5. The lowest BCUT2D eigenvalue weighted by atomic mass is 10.3. The molecule has 0 aromatic heterocycles. The van der Waals surface area contributed by atoms with Crippen LogP contribution in [0.2, 0.25) is 0 Å². The van der Waals surface area contributed by atoms with Crippen molar-refractivity contribution >= 4 is 6.16 Å². The number of carbonyl (C=O) groups excluding carboxylic acids is 1. The van der Waals surface area contributed by atoms with Gasteiger partial charge in [-0.25, -0.2) is 4.79 Å². The van der Waals surface area contributed by atoms with Crippen molar-refractivity contribution in [2.45, 2.75) is 0 Å². The van der Waals surface area contributed by atoms with E-state index in [0.717, 1.165) is 0 Å². The van der Waals surface area contributed by atoms with E-state index in [9.17, 15) is 4.79 Å². The average Bonchev–Trinajstić information content (AvgIpc) is 2.28. The first kappa shape index (κ1) is 11.2. The largest absolute Gasteiger partial charge is 0.513 e. The van der Waals surface area contributed by atoms with Gasteiger partial charge in [0.05, 0.1) is 21.3 Å². The van der Waals surface area contributed by atoms with Crippen LogP contribution in [-0.2, 0) is 4.74 Å². The molecule has 1 radical (unpaired) electrons. The van der Waals surface area contributed by atoms with Crippen LogP contribution in [0.15, 0.2) is 12.1 Å². The van der Waals surface area contributed by atoms with Gasteiger partial charge in [0.15, 0.2) is 11.5 Å². The second kappa shape index (κ2) is 5.09. The van der Waals surface area contributed by atoms with Crippen LogP contribution in [0.3, 0.4) is 0 Å². The van der Waals surface area contributed by atoms with E-state index < -0.39 is 6.16 Å². The Labute approximate surface area is 87.5 Å². The predicted molar refractivity (Wildman–Crippen MR) is 51.4 cm³/mol. The van der Waals surface area contributed by atoms with Gasteiger partial charge < -0.3 is 18.9 Å². The average molecular weight is 211 g/mol. The molecule has 0 fully saturated rings. The van der Waals surface area contributed by atoms with Gasteiger partial charge in [0.2, 0.25) is 5.75 Å². The van der Waals surface area contributed by atoms with E-state index >= 15 is 0 Å². The first-order valence-electron chi connectivity index (χ1n) is 4.11. The summed E-state index contributed by atoms with van der Waals surface area (Å²) < 4.78 is 19.2. The maximum atomic E-state index is 10.9. The summed E-state index contributed by atoms with van der Waals surface area (Å²) in [4.78, 5) is 10.9. The molecule has 5 heteroatoms. The highest BCUT2D eigenvalue weighted by Crippen LogP contribution is 2.36. The molecule has 0 aliphatic heterocycles. The van der Waals surface area contributed by atoms with Gasteiger partial charge in [0, 0.05) is 6.07 Å². The van der Waals surface area contributed by atoms with E-state index in [1.165, 1.54) is 21.3 Å². The minimum Gasteiger partial charge on any atom is -0.493 e. The third kappa shape index (κ3) is 2.52. The lowest BCUT2D eigenvalue weighted by Crippen LogP contribution is -2.08. The Bertz CT molecular complexity index is 348. The zero-order chi connectivity index (χ0) is 11.3. The molecule has 0 saturated heterocycles. The number of benzene rings is 1. The molecule has 1 aromatic rings. The highest BCUT2D eigenvalue weighted by Gasteiger charge is 2.14. The summed E-state index contributed by atoms with van der Waals surface area (Å²) in [6.45, 7) is 0. The molecule has 0 amide bonds. The first-order chi connectivity index (χ1) is 7.22. The van der Waals surface area contributed by atoms with Gasteiger partial charge >= 0.3 is 6.16 Å². The van der Waals surface area contributed by atoms with Gasteiger partial charge in [-0.1, -0.05) is 0 Å². The van der Waals surface area contributed by atoms with Crippen molar-refractivity contribution in [3.63, 3.8) is 0 Å². The molecule has 0 spiro atoms. The van der Waals surface area contributed by atoms with Crippen LogP contribution in [0.25, 0.3) is 0 Å². The second-order valence-corrected chi connectivity index (χ2v) is 2.46. The molecule has 1 aromatic carbocycles. The normalized spacial score (nSPS) is 9.27. The standard InChI is InChI=1S/C10H11O5/c1-12-7-5-4-6-8(9(7)13-2)15-10(11)14-3/h4-5H,1-3H3. The smallest absolute Gasteiger partial charge is 0.493 e. The van der Waals surface area contributed by atoms with E-state index in [-0.39, 0.29) is 5.75 Å². The number of methoxy groups -OCH3 is 3. The molecule has 0 bridgehead atoms. The zero-order valence-electron chi connectivity index (χ0n) is 8.70. The topological polar surface area (TPSA) is 54.0 Å². The maximum absolute atomic E-state index is 10.9. The summed E-state index contributed by atoms with van der Waals surface area (Å²) >= 11 is 0. The molecule has 5 nitrogen and oxygen atoms in total. The fourth-order valence-corrected chi connectivity index (χ4v) is 1.00. The van der Waals surface area contributed by atoms with Gasteiger partial charge in [-0.3, -0.25) is 0 Å². The molecular weight excluding hydrogens is 200 g/mol. The van der Waals surface area contributed by atoms with Crippen LogP contribution in [0.5, 0.6) is 17.2 Å². The SMILES string of the molecule is COC(=O)Oc1[c]ccc(OC)c1OC. The summed E-state index contributed by atoms with van der Waals surface area (Å²) in [5, 5.41) is 0. The fraction of sp³-hybridized carbons (Fsp3) is 0.300. The summed E-state index contributed by atoms with van der Waals surface area (Å²) in [7, 11) is 4.14. The molecule has 0 aliphatic carbocycles. The van der Waals surface area contributed by atoms with Crippen LogP contribution in [-0.4, -0.2) is 27.5 Å². The van der Waals surface area contributed by atoms with E-state index in [0.29, 0.717) is 11.5 Å². The number of hydrogen-bond donors (Lipinski definition) is 0. The van der Waals surface area contributed by atoms with Gasteiger partial charge in [0.1, 0.15) is 0 Å². The van der Waals surface area contributed by atoms with Crippen molar-refractivity contribution in [3.05, 3.63) is 18.2 Å². The van der Waals surface area contributed by atoms with Crippen LogP contribution < -0.4 is 14.2 Å². The van der Waals surface area contributed by atoms with Gasteiger partial charge in [0.25, 0.3) is 0 Å². The highest BCUT2D eigenvalue weighted by atomic mass is 16.7. The molecule has 0 unspecified atom stereocenters. The highest BCUT2D eigenvalue weighted by molar-refractivity contribution is 5.66. The molecule has 0 aliphatic rings. The quantitative estimate of drug-likeness (QED) is 0.562. The van der Waals surface area contributed by atoms with Gasteiger partial charge in [-0.15, -0.1) is 0 Å². The van der Waals surface area contributed by atoms with Crippen molar-refractivity contribution in [2.75, 3.05) is 21.3 Å². The Kier molecular flexibility index (Phi) is 3.79. The van der Waals surface area contributed by atoms with E-state index in [1.807, 2.05) is 0 Å². The molecule has 0 N–H and O–H groups in total. The van der Waals surface area contributed by atoms with Gasteiger partial charge in [-0.2, -0.15) is 0 Å². The molecule has 15 heavy (non-hydrogen) atoms. The minimum absolute atomic E-state index is 0.128. The van der Waals surface area contributed by atoms with Crippen molar-refractivity contribution in [3.8, 4) is 17.2 Å². The summed E-state index contributed by atoms with van der Waals surface area (Å²) in [6.07, 6.45) is -0.835. The minimum atomic E-state index is -0.835. The summed E-state index contributed by atoms with van der Waals surface area (Å²) in [5.74, 6) is 0.879. The number of carbonyl (C=O) groups is 1. The maximum Gasteiger partial charge on any atom is 0.513 e. The Hall–Kier alpha value is -1.91. The van der Waals surface area contributed by atoms with Crippen LogP contribution in [0.4, 0.5) is 4.79 Å². The Morgan fingerprint density at radius 1 is 1.27 bits per heavy atom. The summed E-state index contributed by atoms with van der Waals surface area (Å²) in [6, 6.07) is 5.90. The van der Waals surface area contributed by atoms with E-state index in [2.05, 4.69) is 10.8 Å². The van der Waals surface area contributed by atoms with Crippen molar-refractivity contribution in [1.29, 1.82) is 0 Å². The monoisotopic (exact) mass is 211 g/mol. The Morgan fingerprint density at radius 3 is 2.53 bits per heavy atom. The van der Waals surface area contributed by atoms with Crippen LogP contribution in [0.1, 0.15) is 0 Å². The van der Waals surface area contributed by atoms with Crippen LogP contribution in [0, 0.1) is 6.07 Å². The molecule has 0 heterocycles. The summed E-state index contributed by atoms with van der Waals surface area (Å²) in [5.41, 5.74) is 0. The van der Waals surface area contributed by atoms with Crippen molar-refractivity contribution < 1.29 is 23.7 Å². The number of ether oxygens (including phenoxy) is 4. The van der Waals surface area contributed by atoms with Crippen molar-refractivity contribution in [1.82, 2.24) is 0 Å². The molecule has 0 atom stereocenters. The number of hydrogen-bond acceptors (Lipinski definition) is 5. The van der Waals surface area contributed by atoms with Crippen molar-refractivity contribution in [2.24, 2.45) is 0 Å². The van der Waals surface area contributed by atoms with Gasteiger partial charge in [-0.05, 0) is 12.1 Å². The lowest BCUT2D eigenvalue weighted by Gasteiger charge is -2.10. The fourth-order valence-electron chi connectivity index (χ4n) is 1.00. The molecule has 81 valence electrons. The van der Waals surface area contributed by atoms with E-state index in [4.69, 9.17) is 14.2 Å². The molecule has 0 saturated carbocycles. The third-order valence-electron chi connectivity index (χ3n) is 1.66. The van der Waals surface area contributed by atoms with Crippen LogP contribution >= 0.6 is 0 Å². The first-order valence-corrected chi connectivity index (χ1v) is 4.11. The second-order valence-electron chi connectivity index (χ2n) is 2.46. The van der Waals surface area contributed by atoms with E-state index in [1.54, 1.807) is 12.1 Å². The third-order valence-corrected chi connectivity index (χ3v) is 1.66. The predicted octanol–water partition coefficient (Wildman–Crippen LogP) is 1.65. The number of rotatable bonds is 3. The lowest BCUT2D eigenvalue weighted by molar-refractivity contribution is 0.119. The molecule has 1 rings (SSSR count). The Balaban J connectivity index is 3.00.